The van der Waals surface area contributed by atoms with Gasteiger partial charge < -0.3 is 10.4 Å². The highest BCUT2D eigenvalue weighted by Gasteiger charge is 2.15. The number of aromatic nitrogens is 1. The van der Waals surface area contributed by atoms with E-state index in [1.54, 1.807) is 25.1 Å². The maximum absolute atomic E-state index is 11.2. The van der Waals surface area contributed by atoms with Crippen molar-refractivity contribution in [3.05, 3.63) is 57.3 Å². The van der Waals surface area contributed by atoms with E-state index in [2.05, 4.69) is 10.3 Å². The molecule has 0 aliphatic carbocycles. The molecule has 1 aromatic carbocycles. The van der Waals surface area contributed by atoms with Crippen molar-refractivity contribution in [2.24, 2.45) is 0 Å². The minimum absolute atomic E-state index is 0.123. The molecule has 2 aromatic rings. The van der Waals surface area contributed by atoms with Gasteiger partial charge in [-0.1, -0.05) is 29.3 Å². The van der Waals surface area contributed by atoms with Crippen LogP contribution in [0.4, 0.5) is 5.69 Å². The monoisotopic (exact) mass is 324 g/mol. The highest BCUT2D eigenvalue weighted by atomic mass is 35.5. The number of pyridine rings is 1. The van der Waals surface area contributed by atoms with Crippen LogP contribution >= 0.6 is 23.2 Å². The Kier molecular flexibility index (Phi) is 4.70. The van der Waals surface area contributed by atoms with Crippen LogP contribution in [0.3, 0.4) is 0 Å². The van der Waals surface area contributed by atoms with Gasteiger partial charge in [-0.3, -0.25) is 4.98 Å². The Morgan fingerprint density at radius 3 is 2.67 bits per heavy atom. The summed E-state index contributed by atoms with van der Waals surface area (Å²) < 4.78 is 0. The van der Waals surface area contributed by atoms with Crippen LogP contribution in [0.15, 0.2) is 30.5 Å². The topological polar surface area (TPSA) is 62.2 Å². The average molecular weight is 325 g/mol. The van der Waals surface area contributed by atoms with Gasteiger partial charge in [0.15, 0.2) is 0 Å². The lowest BCUT2D eigenvalue weighted by molar-refractivity contribution is 0.0697. The minimum atomic E-state index is -1.03. The number of carboxylic acid groups (broad SMARTS) is 1. The molecular formula is C15H14Cl2N2O2. The van der Waals surface area contributed by atoms with Gasteiger partial charge in [0.25, 0.3) is 0 Å². The molecule has 4 nitrogen and oxygen atoms in total. The van der Waals surface area contributed by atoms with Crippen LogP contribution in [0.5, 0.6) is 0 Å². The van der Waals surface area contributed by atoms with Crippen molar-refractivity contribution in [3.63, 3.8) is 0 Å². The molecular weight excluding hydrogens is 311 g/mol. The summed E-state index contributed by atoms with van der Waals surface area (Å²) in [6.07, 6.45) is 1.34. The van der Waals surface area contributed by atoms with Gasteiger partial charge in [0, 0.05) is 21.9 Å². The Balaban J connectivity index is 2.33. The van der Waals surface area contributed by atoms with E-state index < -0.39 is 5.97 Å². The molecule has 1 heterocycles. The summed E-state index contributed by atoms with van der Waals surface area (Å²) in [6.45, 7) is 3.70. The quantitative estimate of drug-likeness (QED) is 0.864. The molecule has 0 bridgehead atoms. The maximum atomic E-state index is 11.2. The highest BCUT2D eigenvalue weighted by molar-refractivity contribution is 6.35. The Bertz CT molecular complexity index is 689. The van der Waals surface area contributed by atoms with Crippen LogP contribution in [0.2, 0.25) is 10.0 Å². The zero-order valence-corrected chi connectivity index (χ0v) is 13.0. The Morgan fingerprint density at radius 2 is 2.05 bits per heavy atom. The Labute approximate surface area is 132 Å². The summed E-state index contributed by atoms with van der Waals surface area (Å²) in [5.74, 6) is -1.03. The second kappa shape index (κ2) is 6.33. The number of nitrogens with one attached hydrogen (secondary N) is 1. The van der Waals surface area contributed by atoms with E-state index in [1.807, 2.05) is 13.0 Å². The number of halogens is 2. The van der Waals surface area contributed by atoms with Crippen molar-refractivity contribution in [2.75, 3.05) is 5.32 Å². The number of hydrogen-bond acceptors (Lipinski definition) is 3. The van der Waals surface area contributed by atoms with Crippen molar-refractivity contribution < 1.29 is 9.90 Å². The first-order valence-corrected chi connectivity index (χ1v) is 7.05. The number of nitrogens with zero attached hydrogens (tertiary/aromatic N) is 1. The second-order valence-corrected chi connectivity index (χ2v) is 5.55. The van der Waals surface area contributed by atoms with Crippen LogP contribution in [0.25, 0.3) is 0 Å². The van der Waals surface area contributed by atoms with E-state index in [4.69, 9.17) is 23.2 Å². The highest BCUT2D eigenvalue weighted by Crippen LogP contribution is 2.29. The number of hydrogen-bond donors (Lipinski definition) is 2. The first kappa shape index (κ1) is 15.6. The van der Waals surface area contributed by atoms with Crippen LogP contribution in [-0.4, -0.2) is 16.1 Å². The molecule has 110 valence electrons. The number of carbonyl (C=O) groups is 1. The molecule has 0 saturated heterocycles. The predicted molar refractivity (Wildman–Crippen MR) is 84.4 cm³/mol. The van der Waals surface area contributed by atoms with Crippen LogP contribution < -0.4 is 5.32 Å². The minimum Gasteiger partial charge on any atom is -0.478 e. The molecule has 6 heteroatoms. The molecule has 2 N–H and O–H groups in total. The normalized spacial score (nSPS) is 12.0. The summed E-state index contributed by atoms with van der Waals surface area (Å²) in [6, 6.07) is 6.75. The van der Waals surface area contributed by atoms with Crippen LogP contribution in [0.1, 0.15) is 34.6 Å². The second-order valence-electron chi connectivity index (χ2n) is 4.71. The summed E-state index contributed by atoms with van der Waals surface area (Å²) >= 11 is 12.0. The first-order valence-electron chi connectivity index (χ1n) is 6.30. The van der Waals surface area contributed by atoms with Crippen molar-refractivity contribution in [1.29, 1.82) is 0 Å². The molecule has 0 radical (unpaired) electrons. The molecule has 21 heavy (non-hydrogen) atoms. The maximum Gasteiger partial charge on any atom is 0.339 e. The number of anilines is 1. The number of rotatable bonds is 4. The molecule has 0 fully saturated rings. The fourth-order valence-electron chi connectivity index (χ4n) is 2.01. The molecule has 2 rings (SSSR count). The van der Waals surface area contributed by atoms with Crippen molar-refractivity contribution in [1.82, 2.24) is 4.98 Å². The lowest BCUT2D eigenvalue weighted by atomic mass is 10.1. The standard InChI is InChI=1S/C15H14Cl2N2O2/c1-8-5-14(12(7-18-8)15(20)21)19-9(2)11-4-3-10(16)6-13(11)17/h3-7,9H,1-2H3,(H,18,19)(H,20,21). The Morgan fingerprint density at radius 1 is 1.33 bits per heavy atom. The molecule has 1 aromatic heterocycles. The molecule has 0 saturated carbocycles. The summed E-state index contributed by atoms with van der Waals surface area (Å²) in [4.78, 5) is 15.2. The third kappa shape index (κ3) is 3.65. The Hall–Kier alpha value is -1.78. The number of benzene rings is 1. The van der Waals surface area contributed by atoms with E-state index in [1.165, 1.54) is 6.20 Å². The van der Waals surface area contributed by atoms with Gasteiger partial charge in [-0.2, -0.15) is 0 Å². The van der Waals surface area contributed by atoms with E-state index in [-0.39, 0.29) is 11.6 Å². The zero-order chi connectivity index (χ0) is 15.6. The number of carboxylic acids is 1. The summed E-state index contributed by atoms with van der Waals surface area (Å²) in [7, 11) is 0. The van der Waals surface area contributed by atoms with Crippen LogP contribution in [0, 0.1) is 6.92 Å². The fourth-order valence-corrected chi connectivity index (χ4v) is 2.59. The van der Waals surface area contributed by atoms with E-state index in [0.29, 0.717) is 15.7 Å². The van der Waals surface area contributed by atoms with Crippen LogP contribution in [-0.2, 0) is 0 Å². The van der Waals surface area contributed by atoms with Crippen molar-refractivity contribution in [3.8, 4) is 0 Å². The van der Waals surface area contributed by atoms with Crippen molar-refractivity contribution in [2.45, 2.75) is 19.9 Å². The van der Waals surface area contributed by atoms with Gasteiger partial charge in [0.1, 0.15) is 5.56 Å². The van der Waals surface area contributed by atoms with E-state index in [0.717, 1.165) is 11.3 Å². The molecule has 0 aliphatic heterocycles. The summed E-state index contributed by atoms with van der Waals surface area (Å²) in [5, 5.41) is 13.5. The first-order chi connectivity index (χ1) is 9.88. The van der Waals surface area contributed by atoms with E-state index in [9.17, 15) is 9.90 Å². The molecule has 0 amide bonds. The average Bonchev–Trinajstić information content (AvgIpc) is 2.37. The smallest absolute Gasteiger partial charge is 0.339 e. The van der Waals surface area contributed by atoms with E-state index >= 15 is 0 Å². The summed E-state index contributed by atoms with van der Waals surface area (Å²) in [5.41, 5.74) is 2.20. The number of aryl methyl sites for hydroxylation is 1. The van der Waals surface area contributed by atoms with Gasteiger partial charge in [-0.25, -0.2) is 4.79 Å². The number of aromatic carboxylic acids is 1. The fraction of sp³-hybridized carbons (Fsp3) is 0.200. The molecule has 1 unspecified atom stereocenters. The molecule has 0 aliphatic rings. The zero-order valence-electron chi connectivity index (χ0n) is 11.5. The third-order valence-electron chi connectivity index (χ3n) is 3.07. The van der Waals surface area contributed by atoms with Gasteiger partial charge in [-0.05, 0) is 37.6 Å². The van der Waals surface area contributed by atoms with Gasteiger partial charge in [0.2, 0.25) is 0 Å². The largest absolute Gasteiger partial charge is 0.478 e. The lowest BCUT2D eigenvalue weighted by Gasteiger charge is -2.18. The van der Waals surface area contributed by atoms with Crippen molar-refractivity contribution >= 4 is 34.9 Å². The molecule has 0 spiro atoms. The van der Waals surface area contributed by atoms with Gasteiger partial charge in [-0.15, -0.1) is 0 Å². The SMILES string of the molecule is Cc1cc(NC(C)c2ccc(Cl)cc2Cl)c(C(=O)O)cn1. The lowest BCUT2D eigenvalue weighted by Crippen LogP contribution is -2.12. The van der Waals surface area contributed by atoms with Gasteiger partial charge >= 0.3 is 5.97 Å². The molecule has 1 atom stereocenters. The third-order valence-corrected chi connectivity index (χ3v) is 3.63. The van der Waals surface area contributed by atoms with Gasteiger partial charge in [0.05, 0.1) is 11.7 Å². The predicted octanol–water partition coefficient (Wildman–Crippen LogP) is 4.57.